The number of aromatic nitrogens is 2. The Morgan fingerprint density at radius 2 is 1.53 bits per heavy atom. The molecule has 1 aliphatic heterocycles. The molecule has 3 heterocycles. The average Bonchev–Trinajstić information content (AvgIpc) is 3.16. The fourth-order valence-electron chi connectivity index (χ4n) is 1.74. The van der Waals surface area contributed by atoms with E-state index in [0.717, 1.165) is 14.9 Å². The van der Waals surface area contributed by atoms with E-state index in [4.69, 9.17) is 24.4 Å². The molecule has 2 aromatic rings. The number of hydrogen-bond acceptors (Lipinski definition) is 4. The van der Waals surface area contributed by atoms with Crippen molar-refractivity contribution in [3.63, 3.8) is 0 Å². The maximum Gasteiger partial charge on any atom is 0.124 e. The second-order valence-electron chi connectivity index (χ2n) is 3.96. The van der Waals surface area contributed by atoms with Crippen molar-refractivity contribution in [2.75, 3.05) is 0 Å². The van der Waals surface area contributed by atoms with Gasteiger partial charge in [0.2, 0.25) is 0 Å². The second-order valence-corrected chi connectivity index (χ2v) is 7.14. The van der Waals surface area contributed by atoms with Crippen molar-refractivity contribution in [3.05, 3.63) is 60.0 Å². The molecule has 1 aliphatic rings. The molecule has 0 bridgehead atoms. The lowest BCUT2D eigenvalue weighted by atomic mass is 10.3. The first-order valence-electron chi connectivity index (χ1n) is 5.66. The highest BCUT2D eigenvalue weighted by molar-refractivity contribution is 8.79. The van der Waals surface area contributed by atoms with E-state index in [1.165, 1.54) is 0 Å². The SMILES string of the molecule is S=C(C1=CC(C(=S)n2cccc2)SS1)n1cccc1. The first kappa shape index (κ1) is 13.2. The zero-order valence-electron chi connectivity index (χ0n) is 9.80. The molecule has 1 unspecified atom stereocenters. The third kappa shape index (κ3) is 2.72. The molecule has 6 heteroatoms. The first-order chi connectivity index (χ1) is 9.25. The maximum atomic E-state index is 5.51. The summed E-state index contributed by atoms with van der Waals surface area (Å²) >= 11 is 11.0. The number of nitrogens with zero attached hydrogens (tertiary/aromatic N) is 2. The van der Waals surface area contributed by atoms with Crippen LogP contribution < -0.4 is 0 Å². The molecule has 0 aliphatic carbocycles. The van der Waals surface area contributed by atoms with E-state index in [-0.39, 0.29) is 5.25 Å². The molecule has 0 N–H and O–H groups in total. The minimum absolute atomic E-state index is 0.191. The molecule has 96 valence electrons. The molecule has 2 aromatic heterocycles. The molecule has 2 nitrogen and oxygen atoms in total. The first-order valence-corrected chi connectivity index (χ1v) is 8.68. The summed E-state index contributed by atoms with van der Waals surface area (Å²) < 4.78 is 3.93. The number of allylic oxidation sites excluding steroid dienone is 1. The van der Waals surface area contributed by atoms with Crippen molar-refractivity contribution in [1.82, 2.24) is 9.13 Å². The van der Waals surface area contributed by atoms with E-state index in [2.05, 4.69) is 6.08 Å². The number of thiocarbonyl (C=S) groups is 2. The van der Waals surface area contributed by atoms with Gasteiger partial charge in [0.25, 0.3) is 0 Å². The molecule has 19 heavy (non-hydrogen) atoms. The average molecular weight is 323 g/mol. The van der Waals surface area contributed by atoms with E-state index in [1.54, 1.807) is 21.6 Å². The summed E-state index contributed by atoms with van der Waals surface area (Å²) in [6, 6.07) is 7.91. The Morgan fingerprint density at radius 3 is 2.16 bits per heavy atom. The van der Waals surface area contributed by atoms with Crippen molar-refractivity contribution in [3.8, 4) is 0 Å². The van der Waals surface area contributed by atoms with Crippen LogP contribution in [0.15, 0.2) is 60.0 Å². The molecule has 0 radical (unpaired) electrons. The van der Waals surface area contributed by atoms with Crippen LogP contribution in [0.3, 0.4) is 0 Å². The minimum Gasteiger partial charge on any atom is -0.317 e. The highest BCUT2D eigenvalue weighted by Crippen LogP contribution is 2.43. The normalized spacial score (nSPS) is 18.3. The Kier molecular flexibility index (Phi) is 3.93. The molecule has 0 saturated heterocycles. The van der Waals surface area contributed by atoms with E-state index < -0.39 is 0 Å². The largest absolute Gasteiger partial charge is 0.317 e. The van der Waals surface area contributed by atoms with Gasteiger partial charge in [-0.2, -0.15) is 0 Å². The summed E-state index contributed by atoms with van der Waals surface area (Å²) in [5.41, 5.74) is 0. The van der Waals surface area contributed by atoms with E-state index >= 15 is 0 Å². The van der Waals surface area contributed by atoms with Gasteiger partial charge in [-0.05, 0) is 30.3 Å². The molecule has 0 spiro atoms. The fraction of sp³-hybridized carbons (Fsp3) is 0.0769. The van der Waals surface area contributed by atoms with Gasteiger partial charge < -0.3 is 9.13 Å². The molecular formula is C13H10N2S4. The molecule has 3 rings (SSSR count). The van der Waals surface area contributed by atoms with Crippen molar-refractivity contribution in [2.45, 2.75) is 5.25 Å². The van der Waals surface area contributed by atoms with Crippen LogP contribution in [0.5, 0.6) is 0 Å². The molecule has 0 saturated carbocycles. The zero-order chi connectivity index (χ0) is 13.2. The van der Waals surface area contributed by atoms with Crippen molar-refractivity contribution >= 4 is 56.0 Å². The van der Waals surface area contributed by atoms with Crippen LogP contribution in [-0.4, -0.2) is 24.4 Å². The zero-order valence-corrected chi connectivity index (χ0v) is 13.1. The van der Waals surface area contributed by atoms with Gasteiger partial charge in [-0.1, -0.05) is 46.0 Å². The summed E-state index contributed by atoms with van der Waals surface area (Å²) in [6.07, 6.45) is 10.0. The quantitative estimate of drug-likeness (QED) is 0.611. The van der Waals surface area contributed by atoms with Gasteiger partial charge in [0, 0.05) is 24.8 Å². The van der Waals surface area contributed by atoms with Crippen LogP contribution >= 0.6 is 46.0 Å². The minimum atomic E-state index is 0.191. The second kappa shape index (κ2) is 5.66. The van der Waals surface area contributed by atoms with Crippen LogP contribution in [0, 0.1) is 0 Å². The molecule has 1 atom stereocenters. The van der Waals surface area contributed by atoms with Gasteiger partial charge in [-0.3, -0.25) is 0 Å². The Labute approximate surface area is 130 Å². The standard InChI is InChI=1S/C13H10N2S4/c16-12(14-5-1-2-6-14)10-9-11(19-18-10)13(17)15-7-3-4-8-15/h1-10H. The summed E-state index contributed by atoms with van der Waals surface area (Å²) in [6.45, 7) is 0. The van der Waals surface area contributed by atoms with Crippen molar-refractivity contribution in [2.24, 2.45) is 0 Å². The van der Waals surface area contributed by atoms with Crippen LogP contribution in [0.25, 0.3) is 0 Å². The summed E-state index contributed by atoms with van der Waals surface area (Å²) in [5.74, 6) is 0. The van der Waals surface area contributed by atoms with Gasteiger partial charge in [0.05, 0.1) is 10.2 Å². The van der Waals surface area contributed by atoms with Gasteiger partial charge in [-0.15, -0.1) is 0 Å². The Bertz CT molecular complexity index is 626. The molecule has 0 fully saturated rings. The van der Waals surface area contributed by atoms with E-state index in [1.807, 2.05) is 58.2 Å². The van der Waals surface area contributed by atoms with Crippen molar-refractivity contribution in [1.29, 1.82) is 0 Å². The molecular weight excluding hydrogens is 312 g/mol. The van der Waals surface area contributed by atoms with Crippen LogP contribution in [0.1, 0.15) is 0 Å². The van der Waals surface area contributed by atoms with Crippen molar-refractivity contribution < 1.29 is 0 Å². The third-order valence-electron chi connectivity index (χ3n) is 2.70. The predicted molar refractivity (Wildman–Crippen MR) is 91.9 cm³/mol. The fourth-order valence-corrected chi connectivity index (χ4v) is 5.25. The van der Waals surface area contributed by atoms with E-state index in [0.29, 0.717) is 0 Å². The Morgan fingerprint density at radius 1 is 0.947 bits per heavy atom. The summed E-state index contributed by atoms with van der Waals surface area (Å²) in [4.78, 5) is 2.84. The van der Waals surface area contributed by atoms with Crippen LogP contribution in [0.4, 0.5) is 0 Å². The monoisotopic (exact) mass is 322 g/mol. The number of hydrogen-bond donors (Lipinski definition) is 0. The summed E-state index contributed by atoms with van der Waals surface area (Å²) in [5, 5.41) is 0.191. The summed E-state index contributed by atoms with van der Waals surface area (Å²) in [7, 11) is 3.44. The number of rotatable bonds is 2. The van der Waals surface area contributed by atoms with E-state index in [9.17, 15) is 0 Å². The Balaban J connectivity index is 1.78. The Hall–Kier alpha value is -0.820. The molecule has 0 aromatic carbocycles. The van der Waals surface area contributed by atoms with Gasteiger partial charge >= 0.3 is 0 Å². The highest BCUT2D eigenvalue weighted by atomic mass is 33.1. The lowest BCUT2D eigenvalue weighted by Gasteiger charge is -2.08. The lowest BCUT2D eigenvalue weighted by molar-refractivity contribution is 1.16. The third-order valence-corrected chi connectivity index (χ3v) is 6.49. The van der Waals surface area contributed by atoms with Gasteiger partial charge in [0.1, 0.15) is 9.98 Å². The van der Waals surface area contributed by atoms with Crippen LogP contribution in [0.2, 0.25) is 0 Å². The predicted octanol–water partition coefficient (Wildman–Crippen LogP) is 3.99. The van der Waals surface area contributed by atoms with Gasteiger partial charge in [0.15, 0.2) is 0 Å². The molecule has 0 amide bonds. The highest BCUT2D eigenvalue weighted by Gasteiger charge is 2.24. The van der Waals surface area contributed by atoms with Gasteiger partial charge in [-0.25, -0.2) is 0 Å². The maximum absolute atomic E-state index is 5.51. The lowest BCUT2D eigenvalue weighted by Crippen LogP contribution is -2.18. The smallest absolute Gasteiger partial charge is 0.124 e. The van der Waals surface area contributed by atoms with Crippen LogP contribution in [-0.2, 0) is 0 Å². The topological polar surface area (TPSA) is 9.86 Å².